The molecule has 2 N–H and O–H groups in total. The Morgan fingerprint density at radius 1 is 1.05 bits per heavy atom. The maximum Gasteiger partial charge on any atom is 0.252 e. The predicted molar refractivity (Wildman–Crippen MR) is 136 cm³/mol. The maximum absolute atomic E-state index is 12.3. The molecule has 3 heterocycles. The number of ether oxygens (including phenoxy) is 4. The molecule has 37 heavy (non-hydrogen) atoms. The van der Waals surface area contributed by atoms with E-state index in [0.29, 0.717) is 36.0 Å². The molecule has 1 aromatic heterocycles. The van der Waals surface area contributed by atoms with Gasteiger partial charge in [0.05, 0.1) is 30.0 Å². The van der Waals surface area contributed by atoms with Crippen molar-refractivity contribution in [1.29, 1.82) is 0 Å². The number of benzene rings is 2. The summed E-state index contributed by atoms with van der Waals surface area (Å²) in [5, 5.41) is 5.02. The number of hydrogen-bond acceptors (Lipinski definition) is 7. The van der Waals surface area contributed by atoms with Gasteiger partial charge in [-0.3, -0.25) is 14.3 Å². The van der Waals surface area contributed by atoms with E-state index in [-0.39, 0.29) is 30.7 Å². The molecule has 0 spiro atoms. The van der Waals surface area contributed by atoms with Crippen LogP contribution in [-0.4, -0.2) is 71.6 Å². The lowest BCUT2D eigenvalue weighted by Gasteiger charge is -2.38. The summed E-state index contributed by atoms with van der Waals surface area (Å²) < 4.78 is 24.6. The van der Waals surface area contributed by atoms with Gasteiger partial charge in [-0.25, -0.2) is 0 Å². The number of nitrogens with two attached hydrogens (primary N) is 1. The molecule has 2 aliphatic heterocycles. The number of nitrogens with zero attached hydrogens (tertiary/aromatic N) is 3. The SMILES string of the molecule is COCC(=O)N1[C@@H]2CC[C@H]1CC(OCCOc1ccc(Oc3cc4c(cnn4C)cc3C(N)=O)cc1)C2. The molecule has 2 amide bonds. The lowest BCUT2D eigenvalue weighted by molar-refractivity contribution is -0.142. The number of amides is 2. The second-order valence-electron chi connectivity index (χ2n) is 9.54. The van der Waals surface area contributed by atoms with Crippen LogP contribution in [0.25, 0.3) is 10.9 Å². The molecular formula is C27H32N4O6. The lowest BCUT2D eigenvalue weighted by Crippen LogP contribution is -2.49. The first kappa shape index (κ1) is 25.0. The zero-order valence-corrected chi connectivity index (χ0v) is 21.1. The number of aromatic nitrogens is 2. The summed E-state index contributed by atoms with van der Waals surface area (Å²) in [5.74, 6) is 1.12. The molecule has 2 aliphatic rings. The highest BCUT2D eigenvalue weighted by Crippen LogP contribution is 2.37. The highest BCUT2D eigenvalue weighted by molar-refractivity contribution is 6.00. The minimum Gasteiger partial charge on any atom is -0.491 e. The lowest BCUT2D eigenvalue weighted by atomic mass is 9.99. The van der Waals surface area contributed by atoms with Gasteiger partial charge in [0.15, 0.2) is 0 Å². The van der Waals surface area contributed by atoms with Gasteiger partial charge in [0.1, 0.15) is 30.5 Å². The van der Waals surface area contributed by atoms with Gasteiger partial charge in [0, 0.05) is 37.7 Å². The highest BCUT2D eigenvalue weighted by atomic mass is 16.5. The van der Waals surface area contributed by atoms with E-state index in [9.17, 15) is 9.59 Å². The van der Waals surface area contributed by atoms with E-state index in [1.807, 2.05) is 24.1 Å². The third kappa shape index (κ3) is 5.40. The fourth-order valence-corrected chi connectivity index (χ4v) is 5.43. The number of aryl methyl sites for hydroxylation is 1. The van der Waals surface area contributed by atoms with E-state index in [0.717, 1.165) is 36.6 Å². The van der Waals surface area contributed by atoms with Crippen molar-refractivity contribution in [1.82, 2.24) is 14.7 Å². The Labute approximate surface area is 215 Å². The van der Waals surface area contributed by atoms with Crippen molar-refractivity contribution in [2.45, 2.75) is 43.9 Å². The molecule has 0 aliphatic carbocycles. The van der Waals surface area contributed by atoms with Gasteiger partial charge in [-0.2, -0.15) is 5.10 Å². The molecule has 10 nitrogen and oxygen atoms in total. The number of methoxy groups -OCH3 is 1. The van der Waals surface area contributed by atoms with Crippen molar-refractivity contribution in [3.8, 4) is 17.2 Å². The van der Waals surface area contributed by atoms with Crippen molar-refractivity contribution >= 4 is 22.7 Å². The average molecular weight is 509 g/mol. The van der Waals surface area contributed by atoms with Gasteiger partial charge in [0.2, 0.25) is 5.91 Å². The van der Waals surface area contributed by atoms with Gasteiger partial charge in [-0.15, -0.1) is 0 Å². The van der Waals surface area contributed by atoms with Crippen LogP contribution in [0.5, 0.6) is 17.2 Å². The summed E-state index contributed by atoms with van der Waals surface area (Å²) in [6.07, 6.45) is 5.59. The Hall–Kier alpha value is -3.63. The van der Waals surface area contributed by atoms with Crippen LogP contribution in [0.15, 0.2) is 42.6 Å². The molecule has 196 valence electrons. The van der Waals surface area contributed by atoms with Crippen molar-refractivity contribution in [3.63, 3.8) is 0 Å². The van der Waals surface area contributed by atoms with Crippen molar-refractivity contribution in [2.24, 2.45) is 12.8 Å². The fourth-order valence-electron chi connectivity index (χ4n) is 5.43. The number of piperidine rings is 1. The molecule has 0 radical (unpaired) electrons. The zero-order valence-electron chi connectivity index (χ0n) is 21.1. The predicted octanol–water partition coefficient (Wildman–Crippen LogP) is 3.03. The Kier molecular flexibility index (Phi) is 7.29. The Morgan fingerprint density at radius 2 is 1.76 bits per heavy atom. The monoisotopic (exact) mass is 508 g/mol. The van der Waals surface area contributed by atoms with E-state index >= 15 is 0 Å². The van der Waals surface area contributed by atoms with Crippen molar-refractivity contribution < 1.29 is 28.5 Å². The van der Waals surface area contributed by atoms with Crippen LogP contribution < -0.4 is 15.2 Å². The molecule has 0 saturated carbocycles. The number of carbonyl (C=O) groups is 2. The molecule has 3 aromatic rings. The van der Waals surface area contributed by atoms with Crippen LogP contribution in [0.2, 0.25) is 0 Å². The van der Waals surface area contributed by atoms with Crippen LogP contribution in [0.1, 0.15) is 36.0 Å². The largest absolute Gasteiger partial charge is 0.491 e. The second kappa shape index (κ2) is 10.8. The van der Waals surface area contributed by atoms with Crippen LogP contribution in [-0.2, 0) is 21.3 Å². The van der Waals surface area contributed by atoms with Crippen LogP contribution in [0.4, 0.5) is 0 Å². The standard InChI is InChI=1S/C27H32N4O6/c1-30-24-14-25(23(27(28)33)11-17(24)15-29-30)37-21-7-5-20(6-8-21)35-9-10-36-22-12-18-3-4-19(13-22)31(18)26(32)16-34-2/h5-8,11,14-15,18-19,22H,3-4,9-10,12-13,16H2,1-2H3,(H2,28,33)/t18-,19+,22?. The van der Waals surface area contributed by atoms with Crippen molar-refractivity contribution in [2.75, 3.05) is 26.9 Å². The first-order valence-electron chi connectivity index (χ1n) is 12.5. The normalized spacial score (nSPS) is 20.8. The molecule has 3 atom stereocenters. The molecule has 5 rings (SSSR count). The third-order valence-corrected chi connectivity index (χ3v) is 7.12. The average Bonchev–Trinajstić information content (AvgIpc) is 3.38. The molecule has 2 aromatic carbocycles. The molecule has 2 fully saturated rings. The van der Waals surface area contributed by atoms with Crippen LogP contribution in [0.3, 0.4) is 0 Å². The minimum absolute atomic E-state index is 0.0765. The van der Waals surface area contributed by atoms with E-state index in [1.54, 1.807) is 42.3 Å². The molecule has 2 saturated heterocycles. The molecule has 10 heteroatoms. The third-order valence-electron chi connectivity index (χ3n) is 7.12. The fraction of sp³-hybridized carbons (Fsp3) is 0.444. The van der Waals surface area contributed by atoms with Gasteiger partial charge in [-0.05, 0) is 56.0 Å². The number of hydrogen-bond donors (Lipinski definition) is 1. The summed E-state index contributed by atoms with van der Waals surface area (Å²) in [4.78, 5) is 26.3. The summed E-state index contributed by atoms with van der Waals surface area (Å²) in [6, 6.07) is 11.1. The Bertz CT molecular complexity index is 1260. The first-order valence-corrected chi connectivity index (χ1v) is 12.5. The second-order valence-corrected chi connectivity index (χ2v) is 9.54. The summed E-state index contributed by atoms with van der Waals surface area (Å²) in [6.45, 7) is 1.03. The number of primary amides is 1. The number of fused-ring (bicyclic) bond motifs is 3. The summed E-state index contributed by atoms with van der Waals surface area (Å²) in [5.41, 5.74) is 6.69. The van der Waals surface area contributed by atoms with E-state index in [4.69, 9.17) is 24.7 Å². The molecule has 1 unspecified atom stereocenters. The maximum atomic E-state index is 12.3. The van der Waals surface area contributed by atoms with Gasteiger partial charge < -0.3 is 29.6 Å². The number of rotatable bonds is 10. The highest BCUT2D eigenvalue weighted by Gasteiger charge is 2.43. The smallest absolute Gasteiger partial charge is 0.252 e. The quantitative estimate of drug-likeness (QED) is 0.418. The van der Waals surface area contributed by atoms with E-state index in [1.165, 1.54) is 0 Å². The Balaban J connectivity index is 1.11. The van der Waals surface area contributed by atoms with Gasteiger partial charge in [0.25, 0.3) is 5.91 Å². The molecule has 2 bridgehead atoms. The van der Waals surface area contributed by atoms with Crippen molar-refractivity contribution in [3.05, 3.63) is 48.2 Å². The first-order chi connectivity index (χ1) is 17.9. The van der Waals surface area contributed by atoms with E-state index < -0.39 is 5.91 Å². The topological polar surface area (TPSA) is 118 Å². The Morgan fingerprint density at radius 3 is 2.43 bits per heavy atom. The van der Waals surface area contributed by atoms with Gasteiger partial charge in [-0.1, -0.05) is 0 Å². The van der Waals surface area contributed by atoms with E-state index in [2.05, 4.69) is 5.10 Å². The minimum atomic E-state index is -0.569. The summed E-state index contributed by atoms with van der Waals surface area (Å²) in [7, 11) is 3.38. The van der Waals surface area contributed by atoms with Crippen LogP contribution >= 0.6 is 0 Å². The number of carbonyl (C=O) groups excluding carboxylic acids is 2. The van der Waals surface area contributed by atoms with Gasteiger partial charge >= 0.3 is 0 Å². The zero-order chi connectivity index (χ0) is 25.9. The van der Waals surface area contributed by atoms with Crippen LogP contribution in [0, 0.1) is 0 Å². The summed E-state index contributed by atoms with van der Waals surface area (Å²) >= 11 is 0. The molecular weight excluding hydrogens is 476 g/mol.